The normalized spacial score (nSPS) is 11.4. The summed E-state index contributed by atoms with van der Waals surface area (Å²) in [6.45, 7) is 1.41. The minimum atomic E-state index is -1.08. The van der Waals surface area contributed by atoms with Gasteiger partial charge < -0.3 is 14.8 Å². The van der Waals surface area contributed by atoms with E-state index in [-0.39, 0.29) is 17.1 Å². The van der Waals surface area contributed by atoms with Gasteiger partial charge >= 0.3 is 5.97 Å². The molecule has 1 aromatic carbocycles. The molecule has 2 rings (SSSR count). The second-order valence-electron chi connectivity index (χ2n) is 4.66. The lowest BCUT2D eigenvalue weighted by atomic mass is 10.2. The molecule has 1 atom stereocenters. The molecule has 24 heavy (non-hydrogen) atoms. The van der Waals surface area contributed by atoms with E-state index in [0.29, 0.717) is 4.88 Å². The molecule has 1 N–H and O–H groups in total. The SMILES string of the molecule is COc1ccc([N+](=O)[O-])cc1NC(=O)[C@@H](C)OC(=O)c1cccs1. The largest absolute Gasteiger partial charge is 0.495 e. The lowest BCUT2D eigenvalue weighted by Gasteiger charge is -2.14. The number of amides is 1. The van der Waals surface area contributed by atoms with Crippen LogP contribution < -0.4 is 10.1 Å². The van der Waals surface area contributed by atoms with E-state index in [4.69, 9.17) is 9.47 Å². The highest BCUT2D eigenvalue weighted by atomic mass is 32.1. The first-order valence-electron chi connectivity index (χ1n) is 6.80. The maximum absolute atomic E-state index is 12.2. The van der Waals surface area contributed by atoms with Crippen molar-refractivity contribution in [1.82, 2.24) is 0 Å². The number of ether oxygens (including phenoxy) is 2. The Labute approximate surface area is 141 Å². The summed E-state index contributed by atoms with van der Waals surface area (Å²) in [5, 5.41) is 15.0. The van der Waals surface area contributed by atoms with Crippen molar-refractivity contribution in [1.29, 1.82) is 0 Å². The highest BCUT2D eigenvalue weighted by molar-refractivity contribution is 7.11. The predicted octanol–water partition coefficient (Wildman–Crippen LogP) is 2.85. The number of esters is 1. The van der Waals surface area contributed by atoms with E-state index in [1.165, 1.54) is 43.6 Å². The Bertz CT molecular complexity index is 759. The van der Waals surface area contributed by atoms with Gasteiger partial charge in [0.1, 0.15) is 10.6 Å². The average Bonchev–Trinajstić information content (AvgIpc) is 3.09. The number of methoxy groups -OCH3 is 1. The molecule has 1 heterocycles. The first kappa shape index (κ1) is 17.4. The fourth-order valence-corrected chi connectivity index (χ4v) is 2.41. The van der Waals surface area contributed by atoms with Crippen LogP contribution in [-0.2, 0) is 9.53 Å². The maximum Gasteiger partial charge on any atom is 0.349 e. The molecule has 0 bridgehead atoms. The summed E-state index contributed by atoms with van der Waals surface area (Å²) >= 11 is 1.20. The number of anilines is 1. The molecule has 1 aromatic heterocycles. The monoisotopic (exact) mass is 350 g/mol. The second kappa shape index (κ2) is 7.55. The molecule has 0 saturated heterocycles. The average molecular weight is 350 g/mol. The number of hydrogen-bond acceptors (Lipinski definition) is 7. The van der Waals surface area contributed by atoms with E-state index in [9.17, 15) is 19.7 Å². The van der Waals surface area contributed by atoms with Crippen molar-refractivity contribution < 1.29 is 24.0 Å². The Morgan fingerprint density at radius 2 is 2.08 bits per heavy atom. The number of carbonyl (C=O) groups excluding carboxylic acids is 2. The van der Waals surface area contributed by atoms with Crippen LogP contribution in [0.15, 0.2) is 35.7 Å². The summed E-state index contributed by atoms with van der Waals surface area (Å²) in [4.78, 5) is 34.6. The Morgan fingerprint density at radius 3 is 2.67 bits per heavy atom. The van der Waals surface area contributed by atoms with Crippen LogP contribution in [-0.4, -0.2) is 30.0 Å². The van der Waals surface area contributed by atoms with Gasteiger partial charge in [0.2, 0.25) is 0 Å². The predicted molar refractivity (Wildman–Crippen MR) is 87.5 cm³/mol. The van der Waals surface area contributed by atoms with Gasteiger partial charge in [0.05, 0.1) is 17.7 Å². The van der Waals surface area contributed by atoms with Crippen molar-refractivity contribution >= 4 is 34.6 Å². The van der Waals surface area contributed by atoms with Crippen molar-refractivity contribution in [2.45, 2.75) is 13.0 Å². The number of nitro groups is 1. The lowest BCUT2D eigenvalue weighted by Crippen LogP contribution is -2.30. The molecule has 0 fully saturated rings. The number of rotatable bonds is 6. The van der Waals surface area contributed by atoms with Crippen LogP contribution in [0.1, 0.15) is 16.6 Å². The van der Waals surface area contributed by atoms with Crippen LogP contribution in [0.3, 0.4) is 0 Å². The molecule has 0 saturated carbocycles. The van der Waals surface area contributed by atoms with Crippen molar-refractivity contribution in [3.05, 3.63) is 50.7 Å². The highest BCUT2D eigenvalue weighted by Crippen LogP contribution is 2.29. The van der Waals surface area contributed by atoms with Crippen LogP contribution in [0.4, 0.5) is 11.4 Å². The molecule has 8 nitrogen and oxygen atoms in total. The maximum atomic E-state index is 12.2. The first-order valence-corrected chi connectivity index (χ1v) is 7.68. The number of nitro benzene ring substituents is 1. The van der Waals surface area contributed by atoms with E-state index < -0.39 is 22.9 Å². The van der Waals surface area contributed by atoms with E-state index in [0.717, 1.165) is 0 Å². The first-order chi connectivity index (χ1) is 11.4. The zero-order valence-electron chi connectivity index (χ0n) is 12.8. The number of benzene rings is 1. The molecule has 0 aliphatic carbocycles. The molecular weight excluding hydrogens is 336 g/mol. The van der Waals surface area contributed by atoms with Crippen LogP contribution in [0.5, 0.6) is 5.75 Å². The van der Waals surface area contributed by atoms with Gasteiger partial charge in [-0.1, -0.05) is 6.07 Å². The zero-order valence-corrected chi connectivity index (χ0v) is 13.7. The molecular formula is C15H14N2O6S. The number of nitrogens with one attached hydrogen (secondary N) is 1. The van der Waals surface area contributed by atoms with Gasteiger partial charge in [0, 0.05) is 12.1 Å². The van der Waals surface area contributed by atoms with Crippen LogP contribution >= 0.6 is 11.3 Å². The fraction of sp³-hybridized carbons (Fsp3) is 0.200. The zero-order chi connectivity index (χ0) is 17.7. The molecule has 0 spiro atoms. The van der Waals surface area contributed by atoms with Crippen molar-refractivity contribution in [3.8, 4) is 5.75 Å². The molecule has 126 valence electrons. The summed E-state index contributed by atoms with van der Waals surface area (Å²) in [6.07, 6.45) is -1.08. The third kappa shape index (κ3) is 4.07. The van der Waals surface area contributed by atoms with Gasteiger partial charge in [-0.15, -0.1) is 11.3 Å². The topological polar surface area (TPSA) is 108 Å². The highest BCUT2D eigenvalue weighted by Gasteiger charge is 2.21. The molecule has 2 aromatic rings. The van der Waals surface area contributed by atoms with Gasteiger partial charge in [0.25, 0.3) is 11.6 Å². The van der Waals surface area contributed by atoms with Crippen LogP contribution in [0.2, 0.25) is 0 Å². The van der Waals surface area contributed by atoms with E-state index >= 15 is 0 Å². The van der Waals surface area contributed by atoms with Gasteiger partial charge in [-0.05, 0) is 24.4 Å². The number of hydrogen-bond donors (Lipinski definition) is 1. The number of thiophene rings is 1. The molecule has 0 aliphatic heterocycles. The van der Waals surface area contributed by atoms with Crippen molar-refractivity contribution in [3.63, 3.8) is 0 Å². The van der Waals surface area contributed by atoms with Crippen LogP contribution in [0.25, 0.3) is 0 Å². The Balaban J connectivity index is 2.09. The fourth-order valence-electron chi connectivity index (χ4n) is 1.81. The summed E-state index contributed by atoms with van der Waals surface area (Å²) in [5.41, 5.74) is -0.0787. The number of carbonyl (C=O) groups is 2. The smallest absolute Gasteiger partial charge is 0.349 e. The molecule has 0 unspecified atom stereocenters. The molecule has 0 radical (unpaired) electrons. The van der Waals surface area contributed by atoms with Gasteiger partial charge in [-0.3, -0.25) is 14.9 Å². The Kier molecular flexibility index (Phi) is 5.48. The summed E-state index contributed by atoms with van der Waals surface area (Å²) in [7, 11) is 1.37. The summed E-state index contributed by atoms with van der Waals surface area (Å²) in [5.74, 6) is -0.983. The lowest BCUT2D eigenvalue weighted by molar-refractivity contribution is -0.384. The Hall–Kier alpha value is -2.94. The minimum Gasteiger partial charge on any atom is -0.495 e. The van der Waals surface area contributed by atoms with E-state index in [2.05, 4.69) is 5.32 Å². The van der Waals surface area contributed by atoms with Crippen molar-refractivity contribution in [2.24, 2.45) is 0 Å². The molecule has 9 heteroatoms. The molecule has 1 amide bonds. The van der Waals surface area contributed by atoms with Gasteiger partial charge in [0.15, 0.2) is 6.10 Å². The second-order valence-corrected chi connectivity index (χ2v) is 5.60. The number of nitrogens with zero attached hydrogens (tertiary/aromatic N) is 1. The summed E-state index contributed by atoms with van der Waals surface area (Å²) in [6, 6.07) is 7.08. The third-order valence-electron chi connectivity index (χ3n) is 3.03. The standard InChI is InChI=1S/C15H14N2O6S/c1-9(23-15(19)13-4-3-7-24-13)14(18)16-11-8-10(17(20)21)5-6-12(11)22-2/h3-9H,1-2H3,(H,16,18)/t9-/m1/s1. The summed E-state index contributed by atoms with van der Waals surface area (Å²) < 4.78 is 10.1. The Morgan fingerprint density at radius 1 is 1.33 bits per heavy atom. The van der Waals surface area contributed by atoms with Gasteiger partial charge in [-0.2, -0.15) is 0 Å². The van der Waals surface area contributed by atoms with Crippen LogP contribution in [0, 0.1) is 10.1 Å². The molecule has 0 aliphatic rings. The third-order valence-corrected chi connectivity index (χ3v) is 3.88. The van der Waals surface area contributed by atoms with E-state index in [1.807, 2.05) is 0 Å². The van der Waals surface area contributed by atoms with Gasteiger partial charge in [-0.25, -0.2) is 4.79 Å². The quantitative estimate of drug-likeness (QED) is 0.487. The minimum absolute atomic E-state index is 0.121. The van der Waals surface area contributed by atoms with Crippen molar-refractivity contribution in [2.75, 3.05) is 12.4 Å². The van der Waals surface area contributed by atoms with E-state index in [1.54, 1.807) is 17.5 Å². The number of non-ortho nitro benzene ring substituents is 1.